The van der Waals surface area contributed by atoms with Crippen LogP contribution in [0.15, 0.2) is 97.1 Å². The van der Waals surface area contributed by atoms with Crippen LogP contribution in [0.25, 0.3) is 17.2 Å². The Hall–Kier alpha value is -4.65. The molecule has 0 aliphatic rings. The van der Waals surface area contributed by atoms with Gasteiger partial charge in [-0.1, -0.05) is 36.4 Å². The van der Waals surface area contributed by atoms with Gasteiger partial charge >= 0.3 is 5.97 Å². The number of anilines is 1. The molecule has 174 valence electrons. The fourth-order valence-electron chi connectivity index (χ4n) is 3.29. The highest BCUT2D eigenvalue weighted by Crippen LogP contribution is 2.30. The van der Waals surface area contributed by atoms with Crippen LogP contribution in [0.3, 0.4) is 0 Å². The van der Waals surface area contributed by atoms with Gasteiger partial charge in [-0.15, -0.1) is 0 Å². The molecule has 0 aliphatic heterocycles. The van der Waals surface area contributed by atoms with Crippen LogP contribution in [-0.2, 0) is 4.79 Å². The SMILES string of the molecule is O=C(/C=C/c1ccccc1)Oc1ccc(-c2ccc(F)cc2F)cc1C(=O)Nc1ccc(F)cc1. The van der Waals surface area contributed by atoms with Gasteiger partial charge in [-0.2, -0.15) is 0 Å². The van der Waals surface area contributed by atoms with Gasteiger partial charge in [0.05, 0.1) is 5.56 Å². The molecule has 0 unspecified atom stereocenters. The molecule has 0 aromatic heterocycles. The predicted molar refractivity (Wildman–Crippen MR) is 127 cm³/mol. The van der Waals surface area contributed by atoms with Crippen LogP contribution in [0, 0.1) is 17.5 Å². The first-order chi connectivity index (χ1) is 16.9. The quantitative estimate of drug-likeness (QED) is 0.194. The zero-order chi connectivity index (χ0) is 24.8. The predicted octanol–water partition coefficient (Wildman–Crippen LogP) is 6.64. The number of hydrogen-bond acceptors (Lipinski definition) is 3. The number of carbonyl (C=O) groups excluding carboxylic acids is 2. The van der Waals surface area contributed by atoms with Gasteiger partial charge in [0.2, 0.25) is 0 Å². The van der Waals surface area contributed by atoms with Gasteiger partial charge in [-0.3, -0.25) is 4.79 Å². The van der Waals surface area contributed by atoms with Crippen molar-refractivity contribution < 1.29 is 27.5 Å². The Morgan fingerprint density at radius 2 is 1.49 bits per heavy atom. The Bertz CT molecular complexity index is 1400. The molecule has 0 heterocycles. The number of carbonyl (C=O) groups is 2. The van der Waals surface area contributed by atoms with E-state index in [0.717, 1.165) is 17.7 Å². The van der Waals surface area contributed by atoms with E-state index in [-0.39, 0.29) is 22.4 Å². The monoisotopic (exact) mass is 473 g/mol. The molecule has 4 nitrogen and oxygen atoms in total. The second kappa shape index (κ2) is 10.5. The molecule has 1 amide bonds. The van der Waals surface area contributed by atoms with E-state index in [1.54, 1.807) is 18.2 Å². The summed E-state index contributed by atoms with van der Waals surface area (Å²) in [7, 11) is 0. The van der Waals surface area contributed by atoms with Crippen molar-refractivity contribution in [3.05, 3.63) is 126 Å². The Morgan fingerprint density at radius 1 is 0.771 bits per heavy atom. The lowest BCUT2D eigenvalue weighted by molar-refractivity contribution is -0.128. The van der Waals surface area contributed by atoms with Crippen LogP contribution in [0.2, 0.25) is 0 Å². The van der Waals surface area contributed by atoms with Crippen LogP contribution in [0.1, 0.15) is 15.9 Å². The summed E-state index contributed by atoms with van der Waals surface area (Å²) in [4.78, 5) is 25.5. The highest BCUT2D eigenvalue weighted by molar-refractivity contribution is 6.07. The first kappa shape index (κ1) is 23.5. The minimum absolute atomic E-state index is 0.0593. The third kappa shape index (κ3) is 6.03. The summed E-state index contributed by atoms with van der Waals surface area (Å²) in [6, 6.07) is 21.4. The number of hydrogen-bond donors (Lipinski definition) is 1. The second-order valence-electron chi connectivity index (χ2n) is 7.46. The van der Waals surface area contributed by atoms with E-state index < -0.39 is 29.3 Å². The number of halogens is 3. The highest BCUT2D eigenvalue weighted by atomic mass is 19.1. The number of amides is 1. The van der Waals surface area contributed by atoms with Crippen molar-refractivity contribution in [2.24, 2.45) is 0 Å². The lowest BCUT2D eigenvalue weighted by Crippen LogP contribution is -2.15. The fraction of sp³-hybridized carbons (Fsp3) is 0. The maximum Gasteiger partial charge on any atom is 0.336 e. The van der Waals surface area contributed by atoms with Gasteiger partial charge in [-0.25, -0.2) is 18.0 Å². The molecular weight excluding hydrogens is 455 g/mol. The molecule has 0 atom stereocenters. The van der Waals surface area contributed by atoms with Gasteiger partial charge in [0.1, 0.15) is 23.2 Å². The minimum atomic E-state index is -0.814. The largest absolute Gasteiger partial charge is 0.423 e. The third-order valence-corrected chi connectivity index (χ3v) is 4.99. The molecule has 4 aromatic carbocycles. The van der Waals surface area contributed by atoms with Crippen LogP contribution >= 0.6 is 0 Å². The Balaban J connectivity index is 1.66. The molecule has 0 saturated heterocycles. The maximum atomic E-state index is 14.4. The van der Waals surface area contributed by atoms with Crippen molar-refractivity contribution in [2.45, 2.75) is 0 Å². The molecule has 0 saturated carbocycles. The number of nitrogens with one attached hydrogen (secondary N) is 1. The zero-order valence-electron chi connectivity index (χ0n) is 18.2. The molecule has 7 heteroatoms. The minimum Gasteiger partial charge on any atom is -0.423 e. The summed E-state index contributed by atoms with van der Waals surface area (Å²) < 4.78 is 46.3. The molecule has 0 bridgehead atoms. The molecule has 0 fully saturated rings. The summed E-state index contributed by atoms with van der Waals surface area (Å²) in [5.41, 5.74) is 1.34. The van der Waals surface area contributed by atoms with Crippen LogP contribution in [0.4, 0.5) is 18.9 Å². The van der Waals surface area contributed by atoms with Crippen molar-refractivity contribution in [1.29, 1.82) is 0 Å². The van der Waals surface area contributed by atoms with Gasteiger partial charge in [0, 0.05) is 23.4 Å². The fourth-order valence-corrected chi connectivity index (χ4v) is 3.29. The van der Waals surface area contributed by atoms with Crippen molar-refractivity contribution >= 4 is 23.6 Å². The first-order valence-electron chi connectivity index (χ1n) is 10.5. The summed E-state index contributed by atoms with van der Waals surface area (Å²) in [6.45, 7) is 0. The molecule has 1 N–H and O–H groups in total. The lowest BCUT2D eigenvalue weighted by Gasteiger charge is -2.13. The van der Waals surface area contributed by atoms with Crippen molar-refractivity contribution in [2.75, 3.05) is 5.32 Å². The summed E-state index contributed by atoms with van der Waals surface area (Å²) >= 11 is 0. The van der Waals surface area contributed by atoms with Crippen LogP contribution in [0.5, 0.6) is 5.75 Å². The van der Waals surface area contributed by atoms with Crippen molar-refractivity contribution in [1.82, 2.24) is 0 Å². The van der Waals surface area contributed by atoms with E-state index in [0.29, 0.717) is 5.69 Å². The van der Waals surface area contributed by atoms with Crippen molar-refractivity contribution in [3.8, 4) is 16.9 Å². The summed E-state index contributed by atoms with van der Waals surface area (Å²) in [5, 5.41) is 2.59. The van der Waals surface area contributed by atoms with Crippen molar-refractivity contribution in [3.63, 3.8) is 0 Å². The number of benzene rings is 4. The second-order valence-corrected chi connectivity index (χ2v) is 7.46. The highest BCUT2D eigenvalue weighted by Gasteiger charge is 2.18. The standard InChI is InChI=1S/C28H18F3NO3/c29-20-8-11-22(12-9-20)32-28(34)24-16-19(23-13-10-21(30)17-25(23)31)7-14-26(24)35-27(33)15-6-18-4-2-1-3-5-18/h1-17H,(H,32,34)/b15-6+. The molecule has 0 radical (unpaired) electrons. The van der Waals surface area contributed by atoms with E-state index in [4.69, 9.17) is 4.74 Å². The van der Waals surface area contributed by atoms with Gasteiger partial charge in [0.25, 0.3) is 5.91 Å². The average molecular weight is 473 g/mol. The Morgan fingerprint density at radius 3 is 2.20 bits per heavy atom. The molecule has 0 spiro atoms. The molecule has 4 aromatic rings. The third-order valence-electron chi connectivity index (χ3n) is 4.99. The topological polar surface area (TPSA) is 55.4 Å². The molecule has 4 rings (SSSR count). The average Bonchev–Trinajstić information content (AvgIpc) is 2.85. The number of esters is 1. The Labute approximate surface area is 199 Å². The number of rotatable bonds is 6. The van der Waals surface area contributed by atoms with Gasteiger partial charge in [0.15, 0.2) is 0 Å². The summed E-state index contributed by atoms with van der Waals surface area (Å²) in [5.74, 6) is -3.50. The first-order valence-corrected chi connectivity index (χ1v) is 10.5. The van der Waals surface area contributed by atoms with Gasteiger partial charge < -0.3 is 10.1 Å². The van der Waals surface area contributed by atoms with Crippen LogP contribution in [-0.4, -0.2) is 11.9 Å². The Kier molecular flexibility index (Phi) is 7.07. The van der Waals surface area contributed by atoms with E-state index in [9.17, 15) is 22.8 Å². The zero-order valence-corrected chi connectivity index (χ0v) is 18.2. The van der Waals surface area contributed by atoms with E-state index in [2.05, 4.69) is 5.32 Å². The normalized spacial score (nSPS) is 10.8. The molecule has 0 aliphatic carbocycles. The van der Waals surface area contributed by atoms with E-state index in [1.807, 2.05) is 18.2 Å². The smallest absolute Gasteiger partial charge is 0.336 e. The number of ether oxygens (including phenoxy) is 1. The van der Waals surface area contributed by atoms with E-state index >= 15 is 0 Å². The van der Waals surface area contributed by atoms with E-state index in [1.165, 1.54) is 54.6 Å². The summed E-state index contributed by atoms with van der Waals surface area (Å²) in [6.07, 6.45) is 2.77. The maximum absolute atomic E-state index is 14.4. The lowest BCUT2D eigenvalue weighted by atomic mass is 10.0. The van der Waals surface area contributed by atoms with Crippen LogP contribution < -0.4 is 10.1 Å². The molecular formula is C28H18F3NO3. The van der Waals surface area contributed by atoms with Gasteiger partial charge in [-0.05, 0) is 65.7 Å². The molecule has 35 heavy (non-hydrogen) atoms.